The molecule has 0 saturated heterocycles. The van der Waals surface area contributed by atoms with E-state index in [0.717, 1.165) is 17.1 Å². The number of carbonyl (C=O) groups is 1. The van der Waals surface area contributed by atoms with Crippen LogP contribution in [0.4, 0.5) is 17.3 Å². The van der Waals surface area contributed by atoms with Gasteiger partial charge in [0.25, 0.3) is 0 Å². The van der Waals surface area contributed by atoms with Crippen LogP contribution in [-0.4, -0.2) is 21.3 Å². The lowest BCUT2D eigenvalue weighted by Gasteiger charge is -2.09. The van der Waals surface area contributed by atoms with E-state index in [1.165, 1.54) is 0 Å². The molecule has 0 aliphatic rings. The number of aromatic nitrogens is 2. The van der Waals surface area contributed by atoms with Crippen LogP contribution in [0.1, 0.15) is 18.3 Å². The van der Waals surface area contributed by atoms with Crippen molar-refractivity contribution in [3.05, 3.63) is 41.7 Å². The minimum atomic E-state index is -0.563. The first-order valence-electron chi connectivity index (χ1n) is 6.58. The fraction of sp³-hybridized carbons (Fsp3) is 0.267. The van der Waals surface area contributed by atoms with E-state index in [2.05, 4.69) is 20.6 Å². The number of aryl methyl sites for hydroxylation is 2. The van der Waals surface area contributed by atoms with E-state index in [-0.39, 0.29) is 5.91 Å². The molecule has 1 unspecified atom stereocenters. The van der Waals surface area contributed by atoms with Gasteiger partial charge in [0, 0.05) is 22.8 Å². The van der Waals surface area contributed by atoms with Gasteiger partial charge in [0.1, 0.15) is 5.38 Å². The summed E-state index contributed by atoms with van der Waals surface area (Å²) in [7, 11) is 0. The van der Waals surface area contributed by atoms with E-state index in [1.54, 1.807) is 19.1 Å². The second kappa shape index (κ2) is 6.54. The van der Waals surface area contributed by atoms with E-state index >= 15 is 0 Å². The molecule has 5 nitrogen and oxygen atoms in total. The molecule has 1 aromatic carbocycles. The smallest absolute Gasteiger partial charge is 0.242 e. The highest BCUT2D eigenvalue weighted by atomic mass is 35.5. The molecule has 1 amide bonds. The van der Waals surface area contributed by atoms with E-state index in [9.17, 15) is 4.79 Å². The van der Waals surface area contributed by atoms with Crippen molar-refractivity contribution in [1.29, 1.82) is 0 Å². The van der Waals surface area contributed by atoms with Crippen LogP contribution < -0.4 is 10.6 Å². The van der Waals surface area contributed by atoms with Gasteiger partial charge in [0.05, 0.1) is 0 Å². The van der Waals surface area contributed by atoms with E-state index in [4.69, 9.17) is 11.6 Å². The first kappa shape index (κ1) is 15.3. The van der Waals surface area contributed by atoms with Gasteiger partial charge >= 0.3 is 0 Å². The molecule has 0 spiro atoms. The highest BCUT2D eigenvalue weighted by Gasteiger charge is 2.08. The van der Waals surface area contributed by atoms with Crippen molar-refractivity contribution in [3.63, 3.8) is 0 Å². The molecule has 0 aliphatic heterocycles. The molecule has 2 aromatic rings. The Morgan fingerprint density at radius 1 is 1.10 bits per heavy atom. The number of nitrogens with one attached hydrogen (secondary N) is 2. The first-order chi connectivity index (χ1) is 9.94. The number of hydrogen-bond acceptors (Lipinski definition) is 4. The third kappa shape index (κ3) is 4.43. The Labute approximate surface area is 128 Å². The molecule has 0 radical (unpaired) electrons. The summed E-state index contributed by atoms with van der Waals surface area (Å²) in [6, 6.07) is 9.19. The molecule has 2 N–H and O–H groups in total. The zero-order valence-electron chi connectivity index (χ0n) is 12.1. The summed E-state index contributed by atoms with van der Waals surface area (Å²) < 4.78 is 0. The van der Waals surface area contributed by atoms with Gasteiger partial charge in [0.2, 0.25) is 11.9 Å². The number of hydrogen-bond donors (Lipinski definition) is 2. The third-order valence-corrected chi connectivity index (χ3v) is 2.95. The van der Waals surface area contributed by atoms with Crippen molar-refractivity contribution in [2.24, 2.45) is 0 Å². The molecule has 0 bridgehead atoms. The maximum Gasteiger partial charge on any atom is 0.242 e. The summed E-state index contributed by atoms with van der Waals surface area (Å²) in [4.78, 5) is 20.1. The van der Waals surface area contributed by atoms with Crippen molar-refractivity contribution < 1.29 is 4.79 Å². The van der Waals surface area contributed by atoms with Crippen LogP contribution in [0.25, 0.3) is 0 Å². The molecule has 1 heterocycles. The summed E-state index contributed by atoms with van der Waals surface area (Å²) in [5.41, 5.74) is 3.35. The molecule has 0 saturated carbocycles. The Morgan fingerprint density at radius 3 is 2.14 bits per heavy atom. The summed E-state index contributed by atoms with van der Waals surface area (Å²) in [5, 5.41) is 5.29. The Kier molecular flexibility index (Phi) is 4.75. The number of carbonyl (C=O) groups excluding carboxylic acids is 1. The number of anilines is 3. The fourth-order valence-electron chi connectivity index (χ4n) is 1.79. The number of halogens is 1. The summed E-state index contributed by atoms with van der Waals surface area (Å²) >= 11 is 5.71. The van der Waals surface area contributed by atoms with Crippen LogP contribution in [0.3, 0.4) is 0 Å². The van der Waals surface area contributed by atoms with E-state index in [1.807, 2.05) is 32.0 Å². The predicted octanol–water partition coefficient (Wildman–Crippen LogP) is 3.40. The number of amides is 1. The Hall–Kier alpha value is -2.14. The molecule has 1 aromatic heterocycles. The lowest BCUT2D eigenvalue weighted by molar-refractivity contribution is -0.115. The largest absolute Gasteiger partial charge is 0.325 e. The lowest BCUT2D eigenvalue weighted by atomic mass is 10.2. The standard InChI is InChI=1S/C15H17ClN4O/c1-9-8-10(2)18-15(17-9)20-13-6-4-12(5-7-13)19-14(21)11(3)16/h4-8,11H,1-3H3,(H,19,21)(H,17,18,20). The fourth-order valence-corrected chi connectivity index (χ4v) is 1.84. The van der Waals surface area contributed by atoms with Crippen molar-refractivity contribution in [2.45, 2.75) is 26.1 Å². The minimum Gasteiger partial charge on any atom is -0.325 e. The van der Waals surface area contributed by atoms with Gasteiger partial charge in [-0.1, -0.05) is 0 Å². The Balaban J connectivity index is 2.07. The van der Waals surface area contributed by atoms with Gasteiger partial charge in [0.15, 0.2) is 0 Å². The average molecular weight is 305 g/mol. The van der Waals surface area contributed by atoms with Crippen LogP contribution in [0.15, 0.2) is 30.3 Å². The van der Waals surface area contributed by atoms with Crippen molar-refractivity contribution >= 4 is 34.8 Å². The maximum atomic E-state index is 11.5. The molecule has 110 valence electrons. The molecular formula is C15H17ClN4O. The highest BCUT2D eigenvalue weighted by Crippen LogP contribution is 2.17. The zero-order valence-corrected chi connectivity index (χ0v) is 12.9. The van der Waals surface area contributed by atoms with Crippen LogP contribution in [0, 0.1) is 13.8 Å². The summed E-state index contributed by atoms with van der Waals surface area (Å²) in [6.07, 6.45) is 0. The number of rotatable bonds is 4. The molecule has 21 heavy (non-hydrogen) atoms. The summed E-state index contributed by atoms with van der Waals surface area (Å²) in [6.45, 7) is 5.47. The topological polar surface area (TPSA) is 66.9 Å². The zero-order chi connectivity index (χ0) is 15.4. The van der Waals surface area contributed by atoms with Crippen molar-refractivity contribution in [2.75, 3.05) is 10.6 Å². The normalized spacial score (nSPS) is 11.8. The summed E-state index contributed by atoms with van der Waals surface area (Å²) in [5.74, 6) is 0.327. The van der Waals surface area contributed by atoms with E-state index < -0.39 is 5.38 Å². The predicted molar refractivity (Wildman–Crippen MR) is 85.2 cm³/mol. The van der Waals surface area contributed by atoms with Crippen LogP contribution in [-0.2, 0) is 4.79 Å². The van der Waals surface area contributed by atoms with Crippen molar-refractivity contribution in [1.82, 2.24) is 9.97 Å². The maximum absolute atomic E-state index is 11.5. The monoisotopic (exact) mass is 304 g/mol. The van der Waals surface area contributed by atoms with E-state index in [0.29, 0.717) is 11.6 Å². The Morgan fingerprint density at radius 2 is 1.62 bits per heavy atom. The van der Waals surface area contributed by atoms with Gasteiger partial charge in [-0.25, -0.2) is 9.97 Å². The number of alkyl halides is 1. The highest BCUT2D eigenvalue weighted by molar-refractivity contribution is 6.32. The molecule has 0 aliphatic carbocycles. The van der Waals surface area contributed by atoms with Crippen molar-refractivity contribution in [3.8, 4) is 0 Å². The van der Waals surface area contributed by atoms with Gasteiger partial charge < -0.3 is 10.6 Å². The SMILES string of the molecule is Cc1cc(C)nc(Nc2ccc(NC(=O)C(C)Cl)cc2)n1. The lowest BCUT2D eigenvalue weighted by Crippen LogP contribution is -2.20. The second-order valence-electron chi connectivity index (χ2n) is 4.78. The van der Waals surface area contributed by atoms with Crippen LogP contribution >= 0.6 is 11.6 Å². The third-order valence-electron chi connectivity index (χ3n) is 2.75. The van der Waals surface area contributed by atoms with Gasteiger partial charge in [-0.15, -0.1) is 11.6 Å². The molecule has 2 rings (SSSR count). The number of benzene rings is 1. The number of nitrogens with zero attached hydrogens (tertiary/aromatic N) is 2. The van der Waals surface area contributed by atoms with Crippen LogP contribution in [0.5, 0.6) is 0 Å². The van der Waals surface area contributed by atoms with Gasteiger partial charge in [-0.05, 0) is 51.1 Å². The molecular weight excluding hydrogens is 288 g/mol. The minimum absolute atomic E-state index is 0.227. The first-order valence-corrected chi connectivity index (χ1v) is 7.02. The molecule has 1 atom stereocenters. The molecule has 0 fully saturated rings. The quantitative estimate of drug-likeness (QED) is 0.850. The molecule has 6 heteroatoms. The second-order valence-corrected chi connectivity index (χ2v) is 5.44. The van der Waals surface area contributed by atoms with Gasteiger partial charge in [-0.2, -0.15) is 0 Å². The Bertz CT molecular complexity index is 620. The van der Waals surface area contributed by atoms with Crippen LogP contribution in [0.2, 0.25) is 0 Å². The average Bonchev–Trinajstić information content (AvgIpc) is 2.39. The van der Waals surface area contributed by atoms with Gasteiger partial charge in [-0.3, -0.25) is 4.79 Å².